The molecule has 0 spiro atoms. The van der Waals surface area contributed by atoms with Crippen LogP contribution in [0, 0.1) is 15.9 Å². The normalized spacial score (nSPS) is 13.5. The van der Waals surface area contributed by atoms with Crippen LogP contribution >= 0.6 is 0 Å². The Kier molecular flexibility index (Phi) is 6.06. The van der Waals surface area contributed by atoms with Gasteiger partial charge in [-0.05, 0) is 29.8 Å². The molecule has 0 amide bonds. The first-order valence-corrected chi connectivity index (χ1v) is 9.11. The van der Waals surface area contributed by atoms with Gasteiger partial charge in [-0.3, -0.25) is 10.1 Å². The number of hydrogen-bond donors (Lipinski definition) is 1. The molecule has 2 aromatic rings. The third-order valence-corrected chi connectivity index (χ3v) is 5.77. The molecule has 0 heterocycles. The van der Waals surface area contributed by atoms with Crippen molar-refractivity contribution >= 4 is 15.7 Å². The maximum atomic E-state index is 13.4. The molecule has 0 aliphatic rings. The largest absolute Gasteiger partial charge is 0.419 e. The van der Waals surface area contributed by atoms with Crippen molar-refractivity contribution in [1.82, 2.24) is 4.31 Å². The van der Waals surface area contributed by atoms with Crippen LogP contribution in [0.5, 0.6) is 0 Å². The zero-order chi connectivity index (χ0) is 21.3. The van der Waals surface area contributed by atoms with E-state index < -0.39 is 45.1 Å². The third-order valence-electron chi connectivity index (χ3n) is 3.93. The molecule has 0 aliphatic heterocycles. The molecule has 152 valence electrons. The predicted octanol–water partition coefficient (Wildman–Crippen LogP) is 3.07. The van der Waals surface area contributed by atoms with E-state index in [1.165, 1.54) is 0 Å². The minimum atomic E-state index is -4.92. The Morgan fingerprint density at radius 3 is 2.25 bits per heavy atom. The fourth-order valence-electron chi connectivity index (χ4n) is 2.39. The quantitative estimate of drug-likeness (QED) is 0.438. The molecule has 2 rings (SSSR count). The predicted molar refractivity (Wildman–Crippen MR) is 91.2 cm³/mol. The van der Waals surface area contributed by atoms with Gasteiger partial charge in [-0.1, -0.05) is 6.07 Å². The average molecular weight is 421 g/mol. The van der Waals surface area contributed by atoms with Gasteiger partial charge in [0.25, 0.3) is 5.69 Å². The Bertz CT molecular complexity index is 978. The average Bonchev–Trinajstić information content (AvgIpc) is 2.60. The lowest BCUT2D eigenvalue weighted by molar-refractivity contribution is -0.384. The number of halogens is 4. The van der Waals surface area contributed by atoms with Crippen LogP contribution in [0.1, 0.15) is 17.2 Å². The number of nitrogens with two attached hydrogens (primary N) is 1. The second kappa shape index (κ2) is 7.81. The highest BCUT2D eigenvalue weighted by atomic mass is 32.2. The number of sulfonamides is 1. The van der Waals surface area contributed by atoms with Crippen LogP contribution in [0.15, 0.2) is 47.4 Å². The van der Waals surface area contributed by atoms with E-state index in [1.54, 1.807) is 0 Å². The summed E-state index contributed by atoms with van der Waals surface area (Å²) >= 11 is 0. The van der Waals surface area contributed by atoms with Gasteiger partial charge in [-0.2, -0.15) is 17.5 Å². The van der Waals surface area contributed by atoms with E-state index in [0.29, 0.717) is 12.1 Å². The highest BCUT2D eigenvalue weighted by molar-refractivity contribution is 7.89. The Hall–Kier alpha value is -2.57. The molecule has 2 N–H and O–H groups in total. The van der Waals surface area contributed by atoms with E-state index in [0.717, 1.165) is 41.7 Å². The summed E-state index contributed by atoms with van der Waals surface area (Å²) in [5.41, 5.74) is 3.91. The summed E-state index contributed by atoms with van der Waals surface area (Å²) in [6, 6.07) is 5.12. The first-order chi connectivity index (χ1) is 12.8. The molecule has 0 unspecified atom stereocenters. The standard InChI is InChI=1S/C16H15F4N3O4S/c1-22(28(26,27)12-5-3-11(4-6-12)23(24)25)9-15(21)10-2-7-14(17)13(8-10)16(18,19)20/h2-8,15H,9,21H2,1H3/t15-/m0/s1. The molecule has 0 bridgehead atoms. The number of benzene rings is 2. The molecule has 7 nitrogen and oxygen atoms in total. The summed E-state index contributed by atoms with van der Waals surface area (Å²) in [6.07, 6.45) is -4.92. The van der Waals surface area contributed by atoms with Gasteiger partial charge in [-0.25, -0.2) is 12.8 Å². The maximum absolute atomic E-state index is 13.4. The summed E-state index contributed by atoms with van der Waals surface area (Å²) in [5, 5.41) is 10.6. The fourth-order valence-corrected chi connectivity index (χ4v) is 3.59. The summed E-state index contributed by atoms with van der Waals surface area (Å²) in [6.45, 7) is -0.401. The number of nitro benzene ring substituents is 1. The number of hydrogen-bond acceptors (Lipinski definition) is 5. The highest BCUT2D eigenvalue weighted by Crippen LogP contribution is 2.33. The molecule has 0 radical (unpaired) electrons. The van der Waals surface area contributed by atoms with Crippen molar-refractivity contribution in [2.24, 2.45) is 5.73 Å². The van der Waals surface area contributed by atoms with Gasteiger partial charge >= 0.3 is 6.18 Å². The number of likely N-dealkylation sites (N-methyl/N-ethyl adjacent to an activating group) is 1. The van der Waals surface area contributed by atoms with Crippen molar-refractivity contribution in [1.29, 1.82) is 0 Å². The third kappa shape index (κ3) is 4.64. The number of nitrogens with zero attached hydrogens (tertiary/aromatic N) is 2. The molecule has 28 heavy (non-hydrogen) atoms. The minimum Gasteiger partial charge on any atom is -0.323 e. The lowest BCUT2D eigenvalue weighted by Crippen LogP contribution is -2.34. The van der Waals surface area contributed by atoms with E-state index in [2.05, 4.69) is 0 Å². The minimum absolute atomic E-state index is 0.0977. The number of rotatable bonds is 6. The number of alkyl halides is 3. The lowest BCUT2D eigenvalue weighted by Gasteiger charge is -2.22. The van der Waals surface area contributed by atoms with Crippen molar-refractivity contribution in [3.05, 3.63) is 69.5 Å². The molecular weight excluding hydrogens is 406 g/mol. The van der Waals surface area contributed by atoms with Crippen LogP contribution in [0.2, 0.25) is 0 Å². The summed E-state index contributed by atoms with van der Waals surface area (Å²) in [5.74, 6) is -1.46. The van der Waals surface area contributed by atoms with Crippen LogP contribution in [0.3, 0.4) is 0 Å². The molecule has 0 aromatic heterocycles. The van der Waals surface area contributed by atoms with Crippen molar-refractivity contribution in [3.63, 3.8) is 0 Å². The van der Waals surface area contributed by atoms with Crippen LogP contribution in [0.25, 0.3) is 0 Å². The van der Waals surface area contributed by atoms with Crippen LogP contribution in [0.4, 0.5) is 23.2 Å². The Morgan fingerprint density at radius 2 is 1.75 bits per heavy atom. The summed E-state index contributed by atoms with van der Waals surface area (Å²) in [7, 11) is -2.94. The van der Waals surface area contributed by atoms with Crippen molar-refractivity contribution < 1.29 is 30.9 Å². The molecule has 2 aromatic carbocycles. The smallest absolute Gasteiger partial charge is 0.323 e. The van der Waals surface area contributed by atoms with Crippen LogP contribution in [-0.4, -0.2) is 31.2 Å². The molecule has 0 fully saturated rings. The second-order valence-corrected chi connectivity index (χ2v) is 7.92. The maximum Gasteiger partial charge on any atom is 0.419 e. The van der Waals surface area contributed by atoms with Gasteiger partial charge < -0.3 is 5.73 Å². The summed E-state index contributed by atoms with van der Waals surface area (Å²) < 4.78 is 77.7. The number of nitro groups is 1. The fraction of sp³-hybridized carbons (Fsp3) is 0.250. The molecule has 0 saturated carbocycles. The highest BCUT2D eigenvalue weighted by Gasteiger charge is 2.35. The molecule has 0 aliphatic carbocycles. The van der Waals surface area contributed by atoms with E-state index in [9.17, 15) is 36.1 Å². The van der Waals surface area contributed by atoms with Gasteiger partial charge in [0.05, 0.1) is 15.4 Å². The zero-order valence-electron chi connectivity index (χ0n) is 14.4. The van der Waals surface area contributed by atoms with Crippen molar-refractivity contribution in [3.8, 4) is 0 Å². The Balaban J connectivity index is 2.23. The monoisotopic (exact) mass is 421 g/mol. The van der Waals surface area contributed by atoms with Crippen LogP contribution in [-0.2, 0) is 16.2 Å². The van der Waals surface area contributed by atoms with Gasteiger partial charge in [0, 0.05) is 31.8 Å². The van der Waals surface area contributed by atoms with Gasteiger partial charge in [0.15, 0.2) is 0 Å². The molecule has 1 atom stereocenters. The summed E-state index contributed by atoms with van der Waals surface area (Å²) in [4.78, 5) is 9.70. The Labute approximate surface area is 157 Å². The number of non-ortho nitro benzene ring substituents is 1. The van der Waals surface area contributed by atoms with Gasteiger partial charge in [0.1, 0.15) is 5.82 Å². The Morgan fingerprint density at radius 1 is 1.18 bits per heavy atom. The lowest BCUT2D eigenvalue weighted by atomic mass is 10.0. The van der Waals surface area contributed by atoms with E-state index in [4.69, 9.17) is 5.73 Å². The molecule has 0 saturated heterocycles. The van der Waals surface area contributed by atoms with Gasteiger partial charge in [0.2, 0.25) is 10.0 Å². The zero-order valence-corrected chi connectivity index (χ0v) is 15.2. The SMILES string of the molecule is CN(C[C@H](N)c1ccc(F)c(C(F)(F)F)c1)S(=O)(=O)c1ccc([N+](=O)[O-])cc1. The van der Waals surface area contributed by atoms with Crippen LogP contribution < -0.4 is 5.73 Å². The topological polar surface area (TPSA) is 107 Å². The second-order valence-electron chi connectivity index (χ2n) is 5.88. The molecule has 12 heteroatoms. The van der Waals surface area contributed by atoms with Gasteiger partial charge in [-0.15, -0.1) is 0 Å². The first-order valence-electron chi connectivity index (χ1n) is 7.67. The first kappa shape index (κ1) is 21.7. The van der Waals surface area contributed by atoms with E-state index >= 15 is 0 Å². The van der Waals surface area contributed by atoms with E-state index in [1.807, 2.05) is 0 Å². The van der Waals surface area contributed by atoms with Crippen molar-refractivity contribution in [2.45, 2.75) is 17.1 Å². The van der Waals surface area contributed by atoms with Crippen molar-refractivity contribution in [2.75, 3.05) is 13.6 Å². The van der Waals surface area contributed by atoms with E-state index in [-0.39, 0.29) is 16.1 Å². The molecular formula is C16H15F4N3O4S.